The van der Waals surface area contributed by atoms with Gasteiger partial charge in [0.05, 0.1) is 0 Å². The minimum Gasteiger partial charge on any atom is -0.415 e. The lowest BCUT2D eigenvalue weighted by atomic mass is 10.1. The summed E-state index contributed by atoms with van der Waals surface area (Å²) in [5, 5.41) is 15.3. The van der Waals surface area contributed by atoms with Gasteiger partial charge in [-0.15, -0.1) is 10.2 Å². The van der Waals surface area contributed by atoms with Gasteiger partial charge in [0.15, 0.2) is 0 Å². The zero-order valence-corrected chi connectivity index (χ0v) is 12.7. The van der Waals surface area contributed by atoms with Crippen LogP contribution in [0.15, 0.2) is 39.2 Å². The Morgan fingerprint density at radius 3 is 2.65 bits per heavy atom. The van der Waals surface area contributed by atoms with E-state index in [1.807, 2.05) is 30.3 Å². The van der Waals surface area contributed by atoms with Crippen LogP contribution in [0.3, 0.4) is 0 Å². The summed E-state index contributed by atoms with van der Waals surface area (Å²) in [6.45, 7) is 4.19. The first-order valence-corrected chi connectivity index (χ1v) is 7.08. The number of benzene rings is 1. The van der Waals surface area contributed by atoms with E-state index in [4.69, 9.17) is 4.42 Å². The van der Waals surface area contributed by atoms with Crippen molar-refractivity contribution in [3.63, 3.8) is 0 Å². The van der Waals surface area contributed by atoms with Crippen molar-refractivity contribution < 1.29 is 4.42 Å². The molecule has 0 fully saturated rings. The van der Waals surface area contributed by atoms with E-state index >= 15 is 0 Å². The largest absolute Gasteiger partial charge is 0.415 e. The fourth-order valence-electron chi connectivity index (χ4n) is 1.81. The van der Waals surface area contributed by atoms with Gasteiger partial charge in [-0.05, 0) is 30.2 Å². The average Bonchev–Trinajstić information content (AvgIpc) is 3.08. The molecule has 0 spiro atoms. The molecule has 3 rings (SSSR count). The molecule has 6 heteroatoms. The zero-order chi connectivity index (χ0) is 14.1. The van der Waals surface area contributed by atoms with E-state index in [2.05, 4.69) is 50.2 Å². The third-order valence-electron chi connectivity index (χ3n) is 2.94. The van der Waals surface area contributed by atoms with Crippen molar-refractivity contribution >= 4 is 15.9 Å². The fourth-order valence-corrected chi connectivity index (χ4v) is 2.21. The highest BCUT2D eigenvalue weighted by Gasteiger charge is 2.14. The molecular formula is C14H13BrN4O. The van der Waals surface area contributed by atoms with Gasteiger partial charge in [0, 0.05) is 15.7 Å². The molecule has 0 saturated heterocycles. The summed E-state index contributed by atoms with van der Waals surface area (Å²) < 4.78 is 6.65. The summed E-state index contributed by atoms with van der Waals surface area (Å²) in [6.07, 6.45) is 0. The Morgan fingerprint density at radius 1 is 1.15 bits per heavy atom. The van der Waals surface area contributed by atoms with Crippen LogP contribution >= 0.6 is 15.9 Å². The lowest BCUT2D eigenvalue weighted by Gasteiger charge is -1.96. The van der Waals surface area contributed by atoms with Crippen LogP contribution in [0.1, 0.15) is 25.5 Å². The van der Waals surface area contributed by atoms with E-state index in [0.717, 1.165) is 15.7 Å². The normalized spacial score (nSPS) is 11.2. The number of halogens is 1. The minimum atomic E-state index is 0.378. The van der Waals surface area contributed by atoms with Gasteiger partial charge in [-0.3, -0.25) is 5.10 Å². The molecule has 5 nitrogen and oxygen atoms in total. The Morgan fingerprint density at radius 2 is 1.95 bits per heavy atom. The van der Waals surface area contributed by atoms with Crippen LogP contribution in [-0.2, 0) is 0 Å². The SMILES string of the molecule is CC(C)c1cc(-c2nnc(-c3cccc(Br)c3)o2)n[nH]1. The van der Waals surface area contributed by atoms with E-state index in [9.17, 15) is 0 Å². The van der Waals surface area contributed by atoms with Gasteiger partial charge in [-0.1, -0.05) is 35.8 Å². The van der Waals surface area contributed by atoms with E-state index in [1.165, 1.54) is 0 Å². The Kier molecular flexibility index (Phi) is 3.40. The molecule has 0 bridgehead atoms. The Labute approximate surface area is 124 Å². The van der Waals surface area contributed by atoms with Gasteiger partial charge in [0.2, 0.25) is 5.89 Å². The molecular weight excluding hydrogens is 320 g/mol. The first-order valence-electron chi connectivity index (χ1n) is 6.28. The Bertz CT molecular complexity index is 732. The standard InChI is InChI=1S/C14H13BrN4O/c1-8(2)11-7-12(17-16-11)14-19-18-13(20-14)9-4-3-5-10(15)6-9/h3-8H,1-2H3,(H,16,17). The molecule has 0 aliphatic rings. The summed E-state index contributed by atoms with van der Waals surface area (Å²) >= 11 is 3.42. The number of nitrogens with one attached hydrogen (secondary N) is 1. The topological polar surface area (TPSA) is 67.6 Å². The number of hydrogen-bond acceptors (Lipinski definition) is 4. The molecule has 3 aromatic rings. The summed E-state index contributed by atoms with van der Waals surface area (Å²) in [5.41, 5.74) is 2.59. The molecule has 2 aromatic heterocycles. The predicted octanol–water partition coefficient (Wildman–Crippen LogP) is 4.01. The van der Waals surface area contributed by atoms with Gasteiger partial charge >= 0.3 is 0 Å². The molecule has 0 atom stereocenters. The summed E-state index contributed by atoms with van der Waals surface area (Å²) in [5.74, 6) is 1.28. The summed E-state index contributed by atoms with van der Waals surface area (Å²) in [7, 11) is 0. The fraction of sp³-hybridized carbons (Fsp3) is 0.214. The molecule has 0 aliphatic heterocycles. The number of aromatic amines is 1. The zero-order valence-electron chi connectivity index (χ0n) is 11.1. The van der Waals surface area contributed by atoms with Crippen LogP contribution in [0.5, 0.6) is 0 Å². The highest BCUT2D eigenvalue weighted by Crippen LogP contribution is 2.26. The summed E-state index contributed by atoms with van der Waals surface area (Å²) in [6, 6.07) is 9.66. The van der Waals surface area contributed by atoms with Crippen LogP contribution in [0, 0.1) is 0 Å². The van der Waals surface area contributed by atoms with Crippen molar-refractivity contribution in [1.82, 2.24) is 20.4 Å². The third kappa shape index (κ3) is 2.51. The smallest absolute Gasteiger partial charge is 0.268 e. The molecule has 0 unspecified atom stereocenters. The Hall–Kier alpha value is -1.95. The Balaban J connectivity index is 1.93. The first kappa shape index (κ1) is 13.1. The number of hydrogen-bond donors (Lipinski definition) is 1. The second-order valence-electron chi connectivity index (χ2n) is 4.79. The maximum atomic E-state index is 5.68. The lowest BCUT2D eigenvalue weighted by molar-refractivity contribution is 0.582. The molecule has 0 aliphatic carbocycles. The van der Waals surface area contributed by atoms with Crippen molar-refractivity contribution in [3.05, 3.63) is 40.5 Å². The molecule has 1 N–H and O–H groups in total. The van der Waals surface area contributed by atoms with Crippen molar-refractivity contribution in [2.45, 2.75) is 19.8 Å². The monoisotopic (exact) mass is 332 g/mol. The van der Waals surface area contributed by atoms with Crippen molar-refractivity contribution in [1.29, 1.82) is 0 Å². The van der Waals surface area contributed by atoms with Crippen LogP contribution in [0.2, 0.25) is 0 Å². The van der Waals surface area contributed by atoms with Gasteiger partial charge in [0.25, 0.3) is 5.89 Å². The summed E-state index contributed by atoms with van der Waals surface area (Å²) in [4.78, 5) is 0. The van der Waals surface area contributed by atoms with Crippen LogP contribution < -0.4 is 0 Å². The predicted molar refractivity (Wildman–Crippen MR) is 79.1 cm³/mol. The van der Waals surface area contributed by atoms with Crippen molar-refractivity contribution in [2.24, 2.45) is 0 Å². The van der Waals surface area contributed by atoms with Crippen molar-refractivity contribution in [3.8, 4) is 23.0 Å². The molecule has 20 heavy (non-hydrogen) atoms. The maximum Gasteiger partial charge on any atom is 0.268 e. The van der Waals surface area contributed by atoms with Gasteiger partial charge < -0.3 is 4.42 Å². The lowest BCUT2D eigenvalue weighted by Crippen LogP contribution is -1.85. The first-order chi connectivity index (χ1) is 9.63. The van der Waals surface area contributed by atoms with Gasteiger partial charge in [-0.25, -0.2) is 0 Å². The second-order valence-corrected chi connectivity index (χ2v) is 5.70. The van der Waals surface area contributed by atoms with Crippen LogP contribution in [-0.4, -0.2) is 20.4 Å². The van der Waals surface area contributed by atoms with Crippen LogP contribution in [0.4, 0.5) is 0 Å². The quantitative estimate of drug-likeness (QED) is 0.786. The number of rotatable bonds is 3. The molecule has 0 amide bonds. The van der Waals surface area contributed by atoms with Gasteiger partial charge in [0.1, 0.15) is 5.69 Å². The molecule has 0 saturated carbocycles. The minimum absolute atomic E-state index is 0.378. The van der Waals surface area contributed by atoms with E-state index in [1.54, 1.807) is 0 Å². The third-order valence-corrected chi connectivity index (χ3v) is 3.43. The molecule has 1 aromatic carbocycles. The molecule has 102 valence electrons. The number of H-pyrrole nitrogens is 1. The number of nitrogens with zero attached hydrogens (tertiary/aromatic N) is 3. The van der Waals surface area contributed by atoms with Gasteiger partial charge in [-0.2, -0.15) is 5.10 Å². The van der Waals surface area contributed by atoms with Crippen molar-refractivity contribution in [2.75, 3.05) is 0 Å². The highest BCUT2D eigenvalue weighted by molar-refractivity contribution is 9.10. The average molecular weight is 333 g/mol. The number of aromatic nitrogens is 4. The highest BCUT2D eigenvalue weighted by atomic mass is 79.9. The van der Waals surface area contributed by atoms with E-state index < -0.39 is 0 Å². The second kappa shape index (κ2) is 5.20. The maximum absolute atomic E-state index is 5.68. The molecule has 0 radical (unpaired) electrons. The van der Waals surface area contributed by atoms with E-state index in [0.29, 0.717) is 23.4 Å². The van der Waals surface area contributed by atoms with E-state index in [-0.39, 0.29) is 0 Å². The molecule has 2 heterocycles. The van der Waals surface area contributed by atoms with Crippen LogP contribution in [0.25, 0.3) is 23.0 Å².